The maximum absolute atomic E-state index is 13.4. The van der Waals surface area contributed by atoms with Gasteiger partial charge in [-0.1, -0.05) is 48.6 Å². The maximum atomic E-state index is 13.4. The predicted octanol–water partition coefficient (Wildman–Crippen LogP) is 1.71. The number of carbonyl (C=O) groups excluding carboxylic acids is 2. The van der Waals surface area contributed by atoms with Crippen molar-refractivity contribution in [2.24, 2.45) is 17.1 Å². The number of aliphatic hydroxyl groups is 2. The van der Waals surface area contributed by atoms with Crippen molar-refractivity contribution in [3.8, 4) is 0 Å². The molecule has 0 bridgehead atoms. The molecule has 2 amide bonds. The van der Waals surface area contributed by atoms with Gasteiger partial charge in [-0.3, -0.25) is 9.59 Å². The molecule has 0 spiro atoms. The van der Waals surface area contributed by atoms with Crippen LogP contribution in [-0.2, 0) is 22.6 Å². The summed E-state index contributed by atoms with van der Waals surface area (Å²) in [5.74, 6) is -1.41. The van der Waals surface area contributed by atoms with E-state index in [0.29, 0.717) is 31.5 Å². The van der Waals surface area contributed by atoms with E-state index < -0.39 is 29.4 Å². The Morgan fingerprint density at radius 3 is 2.69 bits per heavy atom. The summed E-state index contributed by atoms with van der Waals surface area (Å²) in [6.07, 6.45) is 4.48. The van der Waals surface area contributed by atoms with E-state index in [9.17, 15) is 19.8 Å². The van der Waals surface area contributed by atoms with Gasteiger partial charge in [0.2, 0.25) is 11.8 Å². The van der Waals surface area contributed by atoms with Gasteiger partial charge in [-0.05, 0) is 31.7 Å². The lowest BCUT2D eigenvalue weighted by atomic mass is 9.63. The summed E-state index contributed by atoms with van der Waals surface area (Å²) in [6, 6.07) is 9.24. The van der Waals surface area contributed by atoms with Crippen molar-refractivity contribution in [1.29, 1.82) is 0 Å². The molecule has 1 aromatic carbocycles. The van der Waals surface area contributed by atoms with Crippen LogP contribution in [0.2, 0.25) is 0 Å². The molecule has 2 aromatic rings. The van der Waals surface area contributed by atoms with E-state index in [1.54, 1.807) is 30.2 Å². The number of hydrogen-bond acceptors (Lipinski definition) is 7. The third-order valence-electron chi connectivity index (χ3n) is 7.22. The lowest BCUT2D eigenvalue weighted by molar-refractivity contribution is -0.132. The third kappa shape index (κ3) is 5.59. The van der Waals surface area contributed by atoms with Crippen LogP contribution < -0.4 is 11.1 Å². The van der Waals surface area contributed by atoms with Gasteiger partial charge in [0, 0.05) is 42.2 Å². The van der Waals surface area contributed by atoms with E-state index >= 15 is 0 Å². The predicted molar refractivity (Wildman–Crippen MR) is 139 cm³/mol. The summed E-state index contributed by atoms with van der Waals surface area (Å²) < 4.78 is 0. The van der Waals surface area contributed by atoms with E-state index in [-0.39, 0.29) is 18.4 Å². The number of allylic oxidation sites excluding steroid dienone is 2. The second-order valence-corrected chi connectivity index (χ2v) is 10.8. The number of likely N-dealkylation sites (N-methyl/N-ethyl adjacent to an activating group) is 1. The number of aryl methyl sites for hydroxylation is 1. The minimum Gasteiger partial charge on any atom is -0.392 e. The summed E-state index contributed by atoms with van der Waals surface area (Å²) in [5, 5.41) is 27.6. The molecule has 1 aliphatic heterocycles. The Bertz CT molecular complexity index is 1150. The van der Waals surface area contributed by atoms with Crippen molar-refractivity contribution in [3.63, 3.8) is 0 Å². The Balaban J connectivity index is 1.62. The molecule has 2 heterocycles. The van der Waals surface area contributed by atoms with E-state index in [2.05, 4.69) is 10.3 Å². The summed E-state index contributed by atoms with van der Waals surface area (Å²) in [4.78, 5) is 32.6. The van der Waals surface area contributed by atoms with Crippen LogP contribution in [0.15, 0.2) is 59.5 Å². The lowest BCUT2D eigenvalue weighted by Gasteiger charge is -2.42. The first kappa shape index (κ1) is 26.2. The lowest BCUT2D eigenvalue weighted by Crippen LogP contribution is -2.53. The van der Waals surface area contributed by atoms with Crippen LogP contribution in [0.1, 0.15) is 29.1 Å². The molecular weight excluding hydrogens is 476 g/mol. The number of aliphatic hydroxyl groups excluding tert-OH is 2. The number of benzene rings is 1. The molecule has 36 heavy (non-hydrogen) atoms. The fraction of sp³-hybridized carbons (Fsp3) is 0.444. The number of nitrogens with zero attached hydrogens (tertiary/aromatic N) is 2. The highest BCUT2D eigenvalue weighted by Gasteiger charge is 2.50. The molecule has 4 rings (SSSR count). The number of aromatic nitrogens is 1. The van der Waals surface area contributed by atoms with E-state index in [4.69, 9.17) is 5.73 Å². The van der Waals surface area contributed by atoms with Crippen molar-refractivity contribution in [1.82, 2.24) is 15.2 Å². The van der Waals surface area contributed by atoms with E-state index in [0.717, 1.165) is 16.3 Å². The molecule has 1 unspecified atom stereocenters. The van der Waals surface area contributed by atoms with Gasteiger partial charge in [0.1, 0.15) is 5.01 Å². The zero-order valence-electron chi connectivity index (χ0n) is 20.6. The molecule has 192 valence electrons. The van der Waals surface area contributed by atoms with Gasteiger partial charge < -0.3 is 26.2 Å². The fourth-order valence-electron chi connectivity index (χ4n) is 5.28. The SMILES string of the molecule is Cc1csc(CN(C)C(=O)C2=CC=CC(C(N)=O)([C@H](Cc3ccccc3)[C@@H](O)[C@H]3C[C@@H](O)CN3)C2)n1. The number of β-amino-alcohol motifs (C(OH)–C–C–N with tert-alkyl or cyclic N) is 1. The van der Waals surface area contributed by atoms with Crippen LogP contribution in [0.4, 0.5) is 0 Å². The Labute approximate surface area is 215 Å². The minimum absolute atomic E-state index is 0.0860. The maximum Gasteiger partial charge on any atom is 0.249 e. The van der Waals surface area contributed by atoms with Crippen molar-refractivity contribution in [2.75, 3.05) is 13.6 Å². The average Bonchev–Trinajstić information content (AvgIpc) is 3.49. The van der Waals surface area contributed by atoms with Crippen molar-refractivity contribution in [2.45, 2.75) is 51.0 Å². The van der Waals surface area contributed by atoms with Crippen LogP contribution in [0.3, 0.4) is 0 Å². The summed E-state index contributed by atoms with van der Waals surface area (Å²) >= 11 is 1.50. The second kappa shape index (κ2) is 11.0. The van der Waals surface area contributed by atoms with Gasteiger partial charge in [0.25, 0.3) is 0 Å². The molecule has 1 aromatic heterocycles. The molecule has 1 saturated heterocycles. The highest BCUT2D eigenvalue weighted by atomic mass is 32.1. The van der Waals surface area contributed by atoms with E-state index in [1.165, 1.54) is 11.3 Å². The second-order valence-electron chi connectivity index (χ2n) is 9.87. The number of nitrogens with one attached hydrogen (secondary N) is 1. The summed E-state index contributed by atoms with van der Waals surface area (Å²) in [7, 11) is 1.71. The quantitative estimate of drug-likeness (QED) is 0.407. The van der Waals surface area contributed by atoms with Crippen molar-refractivity contribution >= 4 is 23.2 Å². The number of amides is 2. The number of hydrogen-bond donors (Lipinski definition) is 4. The molecule has 0 saturated carbocycles. The molecule has 5 atom stereocenters. The van der Waals surface area contributed by atoms with Crippen molar-refractivity contribution < 1.29 is 19.8 Å². The monoisotopic (exact) mass is 510 g/mol. The topological polar surface area (TPSA) is 129 Å². The molecule has 1 aliphatic carbocycles. The fourth-order valence-corrected chi connectivity index (χ4v) is 6.11. The smallest absolute Gasteiger partial charge is 0.249 e. The largest absolute Gasteiger partial charge is 0.392 e. The molecule has 0 radical (unpaired) electrons. The average molecular weight is 511 g/mol. The Morgan fingerprint density at radius 1 is 1.33 bits per heavy atom. The Morgan fingerprint density at radius 2 is 2.08 bits per heavy atom. The zero-order valence-corrected chi connectivity index (χ0v) is 21.4. The van der Waals surface area contributed by atoms with Crippen molar-refractivity contribution in [3.05, 3.63) is 75.8 Å². The van der Waals surface area contributed by atoms with Crippen LogP contribution in [0.25, 0.3) is 0 Å². The number of primary amides is 1. The number of carbonyl (C=O) groups is 2. The third-order valence-corrected chi connectivity index (χ3v) is 8.17. The number of nitrogens with two attached hydrogens (primary N) is 1. The van der Waals surface area contributed by atoms with Crippen LogP contribution in [-0.4, -0.2) is 63.8 Å². The van der Waals surface area contributed by atoms with Crippen LogP contribution in [0.5, 0.6) is 0 Å². The minimum atomic E-state index is -1.27. The number of rotatable bonds is 9. The Hall–Kier alpha value is -2.85. The van der Waals surface area contributed by atoms with Gasteiger partial charge in [-0.15, -0.1) is 11.3 Å². The summed E-state index contributed by atoms with van der Waals surface area (Å²) in [6.45, 7) is 2.65. The molecule has 1 fully saturated rings. The van der Waals surface area contributed by atoms with Gasteiger partial charge in [-0.25, -0.2) is 4.98 Å². The number of thiazole rings is 1. The molecule has 8 nitrogen and oxygen atoms in total. The van der Waals surface area contributed by atoms with Gasteiger partial charge >= 0.3 is 0 Å². The highest BCUT2D eigenvalue weighted by molar-refractivity contribution is 7.09. The molecule has 9 heteroatoms. The first-order valence-electron chi connectivity index (χ1n) is 12.2. The van der Waals surface area contributed by atoms with E-state index in [1.807, 2.05) is 42.6 Å². The highest BCUT2D eigenvalue weighted by Crippen LogP contribution is 2.44. The zero-order chi connectivity index (χ0) is 25.9. The molecule has 5 N–H and O–H groups in total. The van der Waals surface area contributed by atoms with Gasteiger partial charge in [-0.2, -0.15) is 0 Å². The first-order chi connectivity index (χ1) is 17.2. The standard InChI is InChI=1S/C27H34N4O4S/c1-17-16-36-23(30-17)15-31(2)25(34)19-9-6-10-27(13-19,26(28)35)21(11-18-7-4-3-5-8-18)24(33)22-12-20(32)14-29-22/h3-10,16,20-22,24,29,32-33H,11-15H2,1-2H3,(H2,28,35)/t20-,21-,22-,24-,27?/m1/s1. The van der Waals surface area contributed by atoms with Gasteiger partial charge in [0.05, 0.1) is 24.2 Å². The normalized spacial score (nSPS) is 25.3. The summed E-state index contributed by atoms with van der Waals surface area (Å²) in [5.41, 5.74) is 7.09. The molecular formula is C27H34N4O4S. The molecule has 2 aliphatic rings. The van der Waals surface area contributed by atoms with Crippen LogP contribution in [0, 0.1) is 18.3 Å². The van der Waals surface area contributed by atoms with Gasteiger partial charge in [0.15, 0.2) is 0 Å². The first-order valence-corrected chi connectivity index (χ1v) is 13.1. The van der Waals surface area contributed by atoms with Crippen LogP contribution >= 0.6 is 11.3 Å². The Kier molecular flexibility index (Phi) is 8.04.